The first kappa shape index (κ1) is 19.3. The topological polar surface area (TPSA) is 64.3 Å². The van der Waals surface area contributed by atoms with Crippen LogP contribution in [0.3, 0.4) is 0 Å². The minimum Gasteiger partial charge on any atom is -0.506 e. The second-order valence-electron chi connectivity index (χ2n) is 6.99. The number of pyridine rings is 1. The van der Waals surface area contributed by atoms with Crippen LogP contribution < -0.4 is 4.90 Å². The number of benzene rings is 1. The lowest BCUT2D eigenvalue weighted by Crippen LogP contribution is -2.29. The molecule has 3 rings (SSSR count). The number of phenols is 1. The van der Waals surface area contributed by atoms with E-state index in [1.807, 2.05) is 18.3 Å². The summed E-state index contributed by atoms with van der Waals surface area (Å²) in [4.78, 5) is 8.98. The van der Waals surface area contributed by atoms with Crippen LogP contribution in [0.2, 0.25) is 0 Å². The molecule has 1 aromatic carbocycles. The van der Waals surface area contributed by atoms with E-state index in [0.717, 1.165) is 25.3 Å². The Bertz CT molecular complexity index is 771. The molecule has 1 aromatic heterocycles. The normalized spacial score (nSPS) is 18.1. The number of nitrogens with zero attached hydrogens (tertiary/aromatic N) is 5. The molecule has 0 bridgehead atoms. The summed E-state index contributed by atoms with van der Waals surface area (Å²) in [5, 5.41) is 18.6. The maximum atomic E-state index is 10.2. The van der Waals surface area contributed by atoms with Crippen molar-refractivity contribution in [1.29, 1.82) is 0 Å². The Labute approximate surface area is 161 Å². The van der Waals surface area contributed by atoms with Crippen molar-refractivity contribution in [3.63, 3.8) is 0 Å². The molecule has 0 spiro atoms. The molecule has 1 aliphatic heterocycles. The lowest BCUT2D eigenvalue weighted by molar-refractivity contribution is 0.187. The SMILES string of the molecule is CCN(CC)c1ccc(N=Nc2ccc([C@@H]3CCCCN3C)cn2)c(O)c1. The molecule has 0 saturated carbocycles. The van der Waals surface area contributed by atoms with Gasteiger partial charge in [0.15, 0.2) is 5.82 Å². The summed E-state index contributed by atoms with van der Waals surface area (Å²) in [6, 6.07) is 9.89. The zero-order chi connectivity index (χ0) is 19.2. The van der Waals surface area contributed by atoms with Gasteiger partial charge in [0, 0.05) is 37.1 Å². The van der Waals surface area contributed by atoms with Crippen LogP contribution in [0.4, 0.5) is 17.2 Å². The number of hydrogen-bond acceptors (Lipinski definition) is 6. The third-order valence-electron chi connectivity index (χ3n) is 5.27. The molecular weight excluding hydrogens is 338 g/mol. The highest BCUT2D eigenvalue weighted by Gasteiger charge is 2.20. The van der Waals surface area contributed by atoms with E-state index < -0.39 is 0 Å². The summed E-state index contributed by atoms with van der Waals surface area (Å²) in [5.41, 5.74) is 2.65. The molecule has 0 radical (unpaired) electrons. The largest absolute Gasteiger partial charge is 0.506 e. The smallest absolute Gasteiger partial charge is 0.174 e. The van der Waals surface area contributed by atoms with Gasteiger partial charge < -0.3 is 10.0 Å². The van der Waals surface area contributed by atoms with Gasteiger partial charge in [-0.15, -0.1) is 10.2 Å². The number of rotatable bonds is 6. The zero-order valence-electron chi connectivity index (χ0n) is 16.5. The fourth-order valence-corrected chi connectivity index (χ4v) is 3.64. The van der Waals surface area contributed by atoms with Crippen molar-refractivity contribution in [3.8, 4) is 5.75 Å². The van der Waals surface area contributed by atoms with E-state index in [9.17, 15) is 5.11 Å². The molecular formula is C21H29N5O. The van der Waals surface area contributed by atoms with Crippen LogP contribution in [-0.4, -0.2) is 41.7 Å². The molecule has 1 atom stereocenters. The van der Waals surface area contributed by atoms with E-state index in [1.165, 1.54) is 24.8 Å². The van der Waals surface area contributed by atoms with E-state index >= 15 is 0 Å². The summed E-state index contributed by atoms with van der Waals surface area (Å²) in [6.07, 6.45) is 5.60. The molecule has 6 heteroatoms. The molecule has 1 saturated heterocycles. The van der Waals surface area contributed by atoms with Crippen LogP contribution >= 0.6 is 0 Å². The number of piperidine rings is 1. The summed E-state index contributed by atoms with van der Waals surface area (Å²) < 4.78 is 0. The lowest BCUT2D eigenvalue weighted by Gasteiger charge is -2.32. The third kappa shape index (κ3) is 4.63. The number of anilines is 1. The summed E-state index contributed by atoms with van der Waals surface area (Å²) >= 11 is 0. The first-order valence-electron chi connectivity index (χ1n) is 9.78. The molecule has 1 aliphatic rings. The monoisotopic (exact) mass is 367 g/mol. The highest BCUT2D eigenvalue weighted by atomic mass is 16.3. The zero-order valence-corrected chi connectivity index (χ0v) is 16.5. The fourth-order valence-electron chi connectivity index (χ4n) is 3.64. The molecule has 1 N–H and O–H groups in total. The number of hydrogen-bond donors (Lipinski definition) is 1. The van der Waals surface area contributed by atoms with Crippen molar-refractivity contribution in [1.82, 2.24) is 9.88 Å². The molecule has 0 amide bonds. The van der Waals surface area contributed by atoms with E-state index in [0.29, 0.717) is 17.5 Å². The Hall–Kier alpha value is -2.47. The molecule has 27 heavy (non-hydrogen) atoms. The van der Waals surface area contributed by atoms with E-state index in [4.69, 9.17) is 0 Å². The first-order valence-corrected chi connectivity index (χ1v) is 9.78. The van der Waals surface area contributed by atoms with Crippen molar-refractivity contribution in [2.75, 3.05) is 31.6 Å². The van der Waals surface area contributed by atoms with Crippen LogP contribution in [-0.2, 0) is 0 Å². The summed E-state index contributed by atoms with van der Waals surface area (Å²) in [6.45, 7) is 7.10. The van der Waals surface area contributed by atoms with Gasteiger partial charge in [0.2, 0.25) is 0 Å². The Morgan fingerprint density at radius 3 is 2.59 bits per heavy atom. The van der Waals surface area contributed by atoms with Gasteiger partial charge in [0.25, 0.3) is 0 Å². The third-order valence-corrected chi connectivity index (χ3v) is 5.27. The average molecular weight is 367 g/mol. The Balaban J connectivity index is 1.70. The molecule has 1 fully saturated rings. The van der Waals surface area contributed by atoms with Crippen molar-refractivity contribution in [3.05, 3.63) is 42.1 Å². The number of phenolic OH excluding ortho intramolecular Hbond substituents is 1. The minimum atomic E-state index is 0.128. The van der Waals surface area contributed by atoms with E-state index in [-0.39, 0.29) is 5.75 Å². The van der Waals surface area contributed by atoms with Crippen molar-refractivity contribution >= 4 is 17.2 Å². The van der Waals surface area contributed by atoms with Crippen LogP contribution in [0, 0.1) is 0 Å². The van der Waals surface area contributed by atoms with Gasteiger partial charge in [-0.1, -0.05) is 12.5 Å². The molecule has 0 unspecified atom stereocenters. The fraction of sp³-hybridized carbons (Fsp3) is 0.476. The van der Waals surface area contributed by atoms with Gasteiger partial charge in [-0.05, 0) is 64.0 Å². The van der Waals surface area contributed by atoms with Crippen LogP contribution in [0.1, 0.15) is 44.7 Å². The van der Waals surface area contributed by atoms with Gasteiger partial charge in [0.05, 0.1) is 0 Å². The van der Waals surface area contributed by atoms with Crippen molar-refractivity contribution in [2.24, 2.45) is 10.2 Å². The second kappa shape index (κ2) is 8.95. The molecule has 6 nitrogen and oxygen atoms in total. The van der Waals surface area contributed by atoms with E-state index in [1.54, 1.807) is 12.1 Å². The number of aromatic nitrogens is 1. The molecule has 2 heterocycles. The molecule has 144 valence electrons. The van der Waals surface area contributed by atoms with Gasteiger partial charge in [0.1, 0.15) is 11.4 Å². The van der Waals surface area contributed by atoms with E-state index in [2.05, 4.69) is 52.0 Å². The lowest BCUT2D eigenvalue weighted by atomic mass is 9.97. The number of azo groups is 1. The summed E-state index contributed by atoms with van der Waals surface area (Å²) in [5.74, 6) is 0.674. The maximum Gasteiger partial charge on any atom is 0.174 e. The number of aromatic hydroxyl groups is 1. The standard InChI is InChI=1S/C21H29N5O/c1-4-26(5-2)17-10-11-18(20(27)14-17)23-24-21-12-9-16(15-22-21)19-8-6-7-13-25(19)3/h9-12,14-15,19,27H,4-8,13H2,1-3H3/t19-/m0/s1. The van der Waals surface area contributed by atoms with Crippen molar-refractivity contribution in [2.45, 2.75) is 39.2 Å². The quantitative estimate of drug-likeness (QED) is 0.712. The Morgan fingerprint density at radius 1 is 1.15 bits per heavy atom. The first-order chi connectivity index (χ1) is 13.1. The minimum absolute atomic E-state index is 0.128. The van der Waals surface area contributed by atoms with Crippen LogP contribution in [0.5, 0.6) is 5.75 Å². The van der Waals surface area contributed by atoms with Crippen LogP contribution in [0.15, 0.2) is 46.8 Å². The predicted molar refractivity (Wildman–Crippen MR) is 109 cm³/mol. The average Bonchev–Trinajstić information content (AvgIpc) is 2.69. The second-order valence-corrected chi connectivity index (χ2v) is 6.99. The highest BCUT2D eigenvalue weighted by molar-refractivity contribution is 5.61. The highest BCUT2D eigenvalue weighted by Crippen LogP contribution is 2.33. The van der Waals surface area contributed by atoms with Gasteiger partial charge >= 0.3 is 0 Å². The van der Waals surface area contributed by atoms with Gasteiger partial charge in [-0.25, -0.2) is 4.98 Å². The molecule has 2 aromatic rings. The molecule has 0 aliphatic carbocycles. The van der Waals surface area contributed by atoms with Gasteiger partial charge in [-0.2, -0.15) is 0 Å². The Morgan fingerprint density at radius 2 is 1.96 bits per heavy atom. The summed E-state index contributed by atoms with van der Waals surface area (Å²) in [7, 11) is 2.17. The predicted octanol–water partition coefficient (Wildman–Crippen LogP) is 5.21. The van der Waals surface area contributed by atoms with Gasteiger partial charge in [-0.3, -0.25) is 4.90 Å². The van der Waals surface area contributed by atoms with Crippen molar-refractivity contribution < 1.29 is 5.11 Å². The Kier molecular flexibility index (Phi) is 6.40. The van der Waals surface area contributed by atoms with Crippen LogP contribution in [0.25, 0.3) is 0 Å². The number of likely N-dealkylation sites (tertiary alicyclic amines) is 1. The maximum absolute atomic E-state index is 10.2.